The van der Waals surface area contributed by atoms with Crippen LogP contribution in [-0.2, 0) is 0 Å². The Morgan fingerprint density at radius 1 is 1.11 bits per heavy atom. The lowest BCUT2D eigenvalue weighted by Crippen LogP contribution is -2.45. The molecule has 1 aliphatic heterocycles. The molecule has 1 atom stereocenters. The lowest BCUT2D eigenvalue weighted by Gasteiger charge is -2.35. The Hall–Kier alpha value is -1.16. The molecule has 3 heteroatoms. The van der Waals surface area contributed by atoms with E-state index in [0.717, 1.165) is 26.2 Å². The minimum absolute atomic E-state index is 0.420. The Balaban J connectivity index is 1.99. The topological polar surface area (TPSA) is 15.3 Å². The van der Waals surface area contributed by atoms with Gasteiger partial charge < -0.3 is 5.32 Å². The number of hydrogen-bond acceptors (Lipinski definition) is 3. The van der Waals surface area contributed by atoms with E-state index in [1.54, 1.807) is 0 Å². The highest BCUT2D eigenvalue weighted by atomic mass is 32.1. The van der Waals surface area contributed by atoms with E-state index in [9.17, 15) is 0 Å². The van der Waals surface area contributed by atoms with Crippen molar-refractivity contribution in [2.24, 2.45) is 0 Å². The number of nitrogens with zero attached hydrogens (tertiary/aromatic N) is 1. The lowest BCUT2D eigenvalue weighted by atomic mass is 9.98. The Bertz CT molecular complexity index is 515. The molecule has 2 heterocycles. The van der Waals surface area contributed by atoms with Crippen molar-refractivity contribution >= 4 is 11.3 Å². The number of nitrogens with one attached hydrogen (secondary N) is 1. The summed E-state index contributed by atoms with van der Waals surface area (Å²) in [4.78, 5) is 4.06. The molecular formula is C16H20N2S. The fourth-order valence-corrected chi connectivity index (χ4v) is 3.69. The molecule has 19 heavy (non-hydrogen) atoms. The molecule has 1 fully saturated rings. The summed E-state index contributed by atoms with van der Waals surface area (Å²) in [5, 5.41) is 5.63. The van der Waals surface area contributed by atoms with Crippen LogP contribution in [-0.4, -0.2) is 31.1 Å². The van der Waals surface area contributed by atoms with Gasteiger partial charge >= 0.3 is 0 Å². The van der Waals surface area contributed by atoms with Crippen LogP contribution >= 0.6 is 11.3 Å². The zero-order valence-corrected chi connectivity index (χ0v) is 12.1. The molecule has 0 saturated carbocycles. The second-order valence-corrected chi connectivity index (χ2v) is 6.04. The second-order valence-electron chi connectivity index (χ2n) is 5.06. The molecule has 0 amide bonds. The maximum Gasteiger partial charge on any atom is 0.0699 e. The summed E-state index contributed by atoms with van der Waals surface area (Å²) in [6.07, 6.45) is 0. The Morgan fingerprint density at radius 3 is 2.58 bits per heavy atom. The van der Waals surface area contributed by atoms with E-state index < -0.39 is 0 Å². The van der Waals surface area contributed by atoms with E-state index in [-0.39, 0.29) is 0 Å². The van der Waals surface area contributed by atoms with Gasteiger partial charge in [0.2, 0.25) is 0 Å². The Morgan fingerprint density at radius 2 is 1.89 bits per heavy atom. The van der Waals surface area contributed by atoms with Gasteiger partial charge in [0.05, 0.1) is 6.04 Å². The van der Waals surface area contributed by atoms with Crippen molar-refractivity contribution in [1.29, 1.82) is 0 Å². The second kappa shape index (κ2) is 5.87. The maximum absolute atomic E-state index is 3.44. The predicted molar refractivity (Wildman–Crippen MR) is 81.8 cm³/mol. The lowest BCUT2D eigenvalue weighted by molar-refractivity contribution is 0.200. The molecular weight excluding hydrogens is 252 g/mol. The molecule has 2 aromatic rings. The first kappa shape index (κ1) is 12.9. The predicted octanol–water partition coefficient (Wildman–Crippen LogP) is 3.05. The third-order valence-corrected chi connectivity index (χ3v) is 4.74. The third-order valence-electron chi connectivity index (χ3n) is 3.81. The van der Waals surface area contributed by atoms with Gasteiger partial charge in [0.1, 0.15) is 0 Å². The standard InChI is InChI=1S/C16H20N2S/c1-13-5-2-3-6-14(13)16(15-7-4-12-19-15)18-10-8-17-9-11-18/h2-7,12,16-17H,8-11H2,1H3. The van der Waals surface area contributed by atoms with E-state index in [4.69, 9.17) is 0 Å². The van der Waals surface area contributed by atoms with Gasteiger partial charge in [-0.3, -0.25) is 4.90 Å². The van der Waals surface area contributed by atoms with Crippen LogP contribution in [0.5, 0.6) is 0 Å². The fourth-order valence-electron chi connectivity index (χ4n) is 2.81. The minimum atomic E-state index is 0.420. The van der Waals surface area contributed by atoms with Gasteiger partial charge in [-0.15, -0.1) is 11.3 Å². The number of piperazine rings is 1. The molecule has 1 N–H and O–H groups in total. The zero-order chi connectivity index (χ0) is 13.1. The number of aryl methyl sites for hydroxylation is 1. The summed E-state index contributed by atoms with van der Waals surface area (Å²) in [6.45, 7) is 6.65. The van der Waals surface area contributed by atoms with Crippen molar-refractivity contribution in [1.82, 2.24) is 10.2 Å². The highest BCUT2D eigenvalue weighted by Crippen LogP contribution is 2.33. The summed E-state index contributed by atoms with van der Waals surface area (Å²) in [5.41, 5.74) is 2.84. The number of thiophene rings is 1. The van der Waals surface area contributed by atoms with Crippen molar-refractivity contribution < 1.29 is 0 Å². The largest absolute Gasteiger partial charge is 0.314 e. The highest BCUT2D eigenvalue weighted by molar-refractivity contribution is 7.10. The number of benzene rings is 1. The van der Waals surface area contributed by atoms with Crippen LogP contribution in [0.25, 0.3) is 0 Å². The van der Waals surface area contributed by atoms with Crippen molar-refractivity contribution in [3.05, 3.63) is 57.8 Å². The molecule has 0 aliphatic carbocycles. The molecule has 1 unspecified atom stereocenters. The van der Waals surface area contributed by atoms with Crippen LogP contribution in [0.15, 0.2) is 41.8 Å². The smallest absolute Gasteiger partial charge is 0.0699 e. The Labute approximate surface area is 119 Å². The van der Waals surface area contributed by atoms with Crippen LogP contribution in [0.3, 0.4) is 0 Å². The molecule has 3 rings (SSSR count). The molecule has 0 bridgehead atoms. The molecule has 1 aromatic heterocycles. The molecule has 0 spiro atoms. The number of rotatable bonds is 3. The number of hydrogen-bond donors (Lipinski definition) is 1. The summed E-state index contributed by atoms with van der Waals surface area (Å²) in [6, 6.07) is 13.6. The average molecular weight is 272 g/mol. The van der Waals surface area contributed by atoms with E-state index >= 15 is 0 Å². The van der Waals surface area contributed by atoms with Crippen molar-refractivity contribution in [3.63, 3.8) is 0 Å². The van der Waals surface area contributed by atoms with Crippen LogP contribution < -0.4 is 5.32 Å². The third kappa shape index (κ3) is 2.73. The van der Waals surface area contributed by atoms with Gasteiger partial charge in [0.25, 0.3) is 0 Å². The van der Waals surface area contributed by atoms with E-state index in [1.165, 1.54) is 16.0 Å². The highest BCUT2D eigenvalue weighted by Gasteiger charge is 2.25. The van der Waals surface area contributed by atoms with Crippen LogP contribution in [0.4, 0.5) is 0 Å². The fraction of sp³-hybridized carbons (Fsp3) is 0.375. The summed E-state index contributed by atoms with van der Waals surface area (Å²) in [5.74, 6) is 0. The first-order chi connectivity index (χ1) is 9.36. The molecule has 100 valence electrons. The molecule has 1 aliphatic rings. The van der Waals surface area contributed by atoms with Crippen LogP contribution in [0, 0.1) is 6.92 Å². The van der Waals surface area contributed by atoms with Crippen LogP contribution in [0.2, 0.25) is 0 Å². The van der Waals surface area contributed by atoms with Gasteiger partial charge in [0.15, 0.2) is 0 Å². The first-order valence-corrected chi connectivity index (χ1v) is 7.78. The van der Waals surface area contributed by atoms with Crippen molar-refractivity contribution in [2.45, 2.75) is 13.0 Å². The molecule has 1 saturated heterocycles. The zero-order valence-electron chi connectivity index (χ0n) is 11.3. The van der Waals surface area contributed by atoms with Crippen molar-refractivity contribution in [2.75, 3.05) is 26.2 Å². The normalized spacial score (nSPS) is 18.4. The van der Waals surface area contributed by atoms with Crippen LogP contribution in [0.1, 0.15) is 22.0 Å². The van der Waals surface area contributed by atoms with E-state index in [1.807, 2.05) is 11.3 Å². The van der Waals surface area contributed by atoms with Crippen molar-refractivity contribution in [3.8, 4) is 0 Å². The minimum Gasteiger partial charge on any atom is -0.314 e. The quantitative estimate of drug-likeness (QED) is 0.924. The average Bonchev–Trinajstić information content (AvgIpc) is 2.96. The molecule has 1 aromatic carbocycles. The monoisotopic (exact) mass is 272 g/mol. The van der Waals surface area contributed by atoms with E-state index in [2.05, 4.69) is 58.9 Å². The first-order valence-electron chi connectivity index (χ1n) is 6.90. The van der Waals surface area contributed by atoms with Gasteiger partial charge in [0, 0.05) is 31.1 Å². The summed E-state index contributed by atoms with van der Waals surface area (Å²) < 4.78 is 0. The summed E-state index contributed by atoms with van der Waals surface area (Å²) >= 11 is 1.87. The van der Waals surface area contributed by atoms with E-state index in [0.29, 0.717) is 6.04 Å². The van der Waals surface area contributed by atoms with Gasteiger partial charge in [-0.2, -0.15) is 0 Å². The molecule has 0 radical (unpaired) electrons. The maximum atomic E-state index is 3.44. The van der Waals surface area contributed by atoms with Gasteiger partial charge in [-0.1, -0.05) is 30.3 Å². The SMILES string of the molecule is Cc1ccccc1C(c1cccs1)N1CCNCC1. The summed E-state index contributed by atoms with van der Waals surface area (Å²) in [7, 11) is 0. The molecule has 2 nitrogen and oxygen atoms in total. The van der Waals surface area contributed by atoms with Gasteiger partial charge in [-0.25, -0.2) is 0 Å². The van der Waals surface area contributed by atoms with Gasteiger partial charge in [-0.05, 0) is 29.5 Å². The Kier molecular flexibility index (Phi) is 3.97.